The van der Waals surface area contributed by atoms with Gasteiger partial charge >= 0.3 is 66.0 Å². The number of pyridine rings is 2. The Hall–Kier alpha value is -4.54. The number of nitrogens with zero attached hydrogens (tertiary/aromatic N) is 2. The van der Waals surface area contributed by atoms with Crippen molar-refractivity contribution in [2.45, 2.75) is 26.4 Å². The van der Waals surface area contributed by atoms with Crippen molar-refractivity contribution in [3.05, 3.63) is 144 Å². The Kier molecular flexibility index (Phi) is 15.6. The summed E-state index contributed by atoms with van der Waals surface area (Å²) in [6.07, 6.45) is 8.23. The summed E-state index contributed by atoms with van der Waals surface area (Å²) in [5, 5.41) is 0. The predicted octanol–water partition coefficient (Wildman–Crippen LogP) is 12.7. The van der Waals surface area contributed by atoms with E-state index in [2.05, 4.69) is 73.3 Å². The van der Waals surface area contributed by atoms with Gasteiger partial charge in [0.05, 0.1) is 39.6 Å². The molecule has 10 rings (SSSR count). The molecule has 0 unspecified atom stereocenters. The van der Waals surface area contributed by atoms with Crippen LogP contribution in [0.25, 0.3) is 11.1 Å². The van der Waals surface area contributed by atoms with Gasteiger partial charge in [-0.15, -0.1) is 0 Å². The molecular weight excluding hydrogens is 854 g/mol. The van der Waals surface area contributed by atoms with Crippen molar-refractivity contribution in [2.75, 3.05) is 26.4 Å². The minimum Gasteiger partial charge on any atom is -0.489 e. The molecule has 0 radical (unpaired) electrons. The number of halogens is 12. The fraction of sp³-hybridized carbons (Fsp3) is 0.263. The van der Waals surface area contributed by atoms with Gasteiger partial charge in [0.1, 0.15) is 38.8 Å². The standard InChI is InChI=1S/C26H28O5.C12H14N2.2F6P/c1-2-24-4-3-23(1)19-30-25-9-5-21(6-10-25)17-28-15-13-27-14-16-29-18-22-7-11-26(12-8-22)31-20-24;1-13-7-3-11(4-8-13)12-5-9-14(2)10-6-12;2*1-7(2,3,4,5)6/h1-12H,13-20H2;3-10H,1-2H3;;/q;+2;2*-1. The molecule has 5 aromatic rings. The van der Waals surface area contributed by atoms with Crippen LogP contribution in [0, 0.1) is 0 Å². The van der Waals surface area contributed by atoms with E-state index in [9.17, 15) is 50.4 Å². The molecule has 21 heteroatoms. The van der Waals surface area contributed by atoms with Gasteiger partial charge in [0.2, 0.25) is 0 Å². The van der Waals surface area contributed by atoms with E-state index in [-0.39, 0.29) is 0 Å². The van der Waals surface area contributed by atoms with Crippen LogP contribution < -0.4 is 18.6 Å². The van der Waals surface area contributed by atoms with Gasteiger partial charge in [-0.1, -0.05) is 48.5 Å². The molecular formula is C38H42F12N2O5P2. The van der Waals surface area contributed by atoms with Crippen LogP contribution in [0.2, 0.25) is 0 Å². The van der Waals surface area contributed by atoms with E-state index < -0.39 is 15.6 Å². The first-order valence-corrected chi connectivity index (χ1v) is 21.3. The van der Waals surface area contributed by atoms with E-state index in [0.717, 1.165) is 33.8 Å². The number of ether oxygens (including phenoxy) is 5. The van der Waals surface area contributed by atoms with Gasteiger partial charge in [0.25, 0.3) is 0 Å². The molecule has 0 atom stereocenters. The van der Waals surface area contributed by atoms with Crippen LogP contribution in [0.5, 0.6) is 11.5 Å². The summed E-state index contributed by atoms with van der Waals surface area (Å²) in [4.78, 5) is 0. The Labute approximate surface area is 332 Å². The van der Waals surface area contributed by atoms with Crippen molar-refractivity contribution in [3.63, 3.8) is 0 Å². The van der Waals surface area contributed by atoms with Gasteiger partial charge in [0.15, 0.2) is 24.8 Å². The molecule has 0 saturated carbocycles. The maximum Gasteiger partial charge on any atom is 0.119 e. The molecule has 0 aliphatic carbocycles. The number of aryl methyl sites for hydroxylation is 2. The Morgan fingerprint density at radius 1 is 0.356 bits per heavy atom. The second-order valence-corrected chi connectivity index (χ2v) is 16.7. The van der Waals surface area contributed by atoms with E-state index in [1.54, 1.807) is 0 Å². The molecule has 7 heterocycles. The molecule has 0 amide bonds. The zero-order valence-corrected chi connectivity index (χ0v) is 33.4. The molecule has 0 N–H and O–H groups in total. The second kappa shape index (κ2) is 18.8. The predicted molar refractivity (Wildman–Crippen MR) is 199 cm³/mol. The van der Waals surface area contributed by atoms with Crippen LogP contribution in [0.15, 0.2) is 122 Å². The average Bonchev–Trinajstić information content (AvgIpc) is 3.12. The van der Waals surface area contributed by atoms with Crippen LogP contribution in [-0.2, 0) is 54.7 Å². The van der Waals surface area contributed by atoms with Gasteiger partial charge in [-0.25, -0.2) is 9.13 Å². The third kappa shape index (κ3) is 27.7. The van der Waals surface area contributed by atoms with E-state index in [0.29, 0.717) is 52.9 Å². The molecule has 3 aromatic carbocycles. The number of aromatic nitrogens is 2. The van der Waals surface area contributed by atoms with E-state index in [4.69, 9.17) is 23.7 Å². The Balaban J connectivity index is 0.000000271. The minimum atomic E-state index is -10.7. The summed E-state index contributed by atoms with van der Waals surface area (Å²) in [5.41, 5.74) is 6.96. The molecule has 328 valence electrons. The SMILES string of the molecule is C[n+]1ccc(-c2cc[n+](C)cc2)cc1.F[P-](F)(F)(F)(F)F.F[P-](F)(F)(F)(F)F.c1cc2ccc1COCCOCCOCc1ccc(cc1)OCc1ccc(cc1)CO2. The summed E-state index contributed by atoms with van der Waals surface area (Å²) in [6.45, 7) is 4.37. The molecule has 0 fully saturated rings. The zero-order valence-electron chi connectivity index (χ0n) is 31.6. The van der Waals surface area contributed by atoms with E-state index in [1.807, 2.05) is 71.8 Å². The summed E-state index contributed by atoms with van der Waals surface area (Å²) in [5.74, 6) is 1.68. The van der Waals surface area contributed by atoms with Crippen LogP contribution in [-0.4, -0.2) is 26.4 Å². The topological polar surface area (TPSA) is 53.9 Å². The van der Waals surface area contributed by atoms with Crippen molar-refractivity contribution in [3.8, 4) is 22.6 Å². The minimum absolute atomic E-state index is 0.526. The molecule has 5 aliphatic heterocycles. The van der Waals surface area contributed by atoms with Crippen LogP contribution in [0.3, 0.4) is 0 Å². The zero-order chi connectivity index (χ0) is 43.9. The van der Waals surface area contributed by atoms with Crippen molar-refractivity contribution >= 4 is 15.6 Å². The van der Waals surface area contributed by atoms with Crippen molar-refractivity contribution in [2.24, 2.45) is 14.1 Å². The second-order valence-electron chi connectivity index (χ2n) is 12.8. The third-order valence-corrected chi connectivity index (χ3v) is 7.25. The average molecular weight is 897 g/mol. The summed E-state index contributed by atoms with van der Waals surface area (Å²) in [7, 11) is -17.3. The van der Waals surface area contributed by atoms with Gasteiger partial charge in [-0.2, -0.15) is 0 Å². The van der Waals surface area contributed by atoms with Gasteiger partial charge < -0.3 is 23.7 Å². The smallest absolute Gasteiger partial charge is 0.119 e. The Bertz CT molecular complexity index is 1850. The molecule has 6 bridgehead atoms. The van der Waals surface area contributed by atoms with E-state index in [1.165, 1.54) is 11.1 Å². The molecule has 7 nitrogen and oxygen atoms in total. The molecule has 5 aliphatic rings. The van der Waals surface area contributed by atoms with Crippen molar-refractivity contribution < 1.29 is 83.2 Å². The van der Waals surface area contributed by atoms with E-state index >= 15 is 0 Å². The number of fused-ring (bicyclic) bond motifs is 1. The third-order valence-electron chi connectivity index (χ3n) is 7.25. The van der Waals surface area contributed by atoms with Crippen LogP contribution in [0.4, 0.5) is 50.4 Å². The summed E-state index contributed by atoms with van der Waals surface area (Å²) < 4.78 is 151. The first-order chi connectivity index (χ1) is 27.0. The largest absolute Gasteiger partial charge is 0.489 e. The van der Waals surface area contributed by atoms with Crippen LogP contribution >= 0.6 is 15.6 Å². The molecule has 59 heavy (non-hydrogen) atoms. The van der Waals surface area contributed by atoms with Crippen LogP contribution in [0.1, 0.15) is 22.3 Å². The first kappa shape index (κ1) is 48.8. The number of hydrogen-bond donors (Lipinski definition) is 0. The van der Waals surface area contributed by atoms with Gasteiger partial charge in [0, 0.05) is 24.3 Å². The summed E-state index contributed by atoms with van der Waals surface area (Å²) in [6, 6.07) is 32.8. The fourth-order valence-electron chi connectivity index (χ4n) is 4.53. The van der Waals surface area contributed by atoms with Gasteiger partial charge in [-0.05, 0) is 57.6 Å². The number of rotatable bonds is 1. The molecule has 2 aromatic heterocycles. The maximum atomic E-state index is 9.87. The monoisotopic (exact) mass is 896 g/mol. The number of benzene rings is 3. The molecule has 0 saturated heterocycles. The summed E-state index contributed by atoms with van der Waals surface area (Å²) >= 11 is 0. The molecule has 0 spiro atoms. The maximum absolute atomic E-state index is 10.7. The van der Waals surface area contributed by atoms with Crippen molar-refractivity contribution in [1.29, 1.82) is 0 Å². The van der Waals surface area contributed by atoms with Crippen molar-refractivity contribution in [1.82, 2.24) is 0 Å². The Morgan fingerprint density at radius 2 is 0.593 bits per heavy atom. The first-order valence-electron chi connectivity index (χ1n) is 17.3. The number of hydrogen-bond acceptors (Lipinski definition) is 5. The Morgan fingerprint density at radius 3 is 0.881 bits per heavy atom. The quantitative estimate of drug-likeness (QED) is 0.0953. The fourth-order valence-corrected chi connectivity index (χ4v) is 4.53. The van der Waals surface area contributed by atoms with Gasteiger partial charge in [-0.3, -0.25) is 0 Å². The normalized spacial score (nSPS) is 16.4.